The molecule has 5 nitrogen and oxygen atoms in total. The molecule has 1 aromatic carbocycles. The Labute approximate surface area is 166 Å². The predicted molar refractivity (Wildman–Crippen MR) is 106 cm³/mol. The van der Waals surface area contributed by atoms with Gasteiger partial charge in [0.15, 0.2) is 0 Å². The molecule has 0 unspecified atom stereocenters. The molecule has 0 atom stereocenters. The summed E-state index contributed by atoms with van der Waals surface area (Å²) in [5.74, 6) is 11.3. The lowest BCUT2D eigenvalue weighted by Gasteiger charge is -2.39. The highest BCUT2D eigenvalue weighted by atomic mass is 16.5. The molecule has 1 spiro atoms. The van der Waals surface area contributed by atoms with Crippen LogP contribution < -0.4 is 0 Å². The van der Waals surface area contributed by atoms with Crippen LogP contribution in [0, 0.1) is 23.7 Å². The Morgan fingerprint density at radius 2 is 1.79 bits per heavy atom. The van der Waals surface area contributed by atoms with Crippen LogP contribution >= 0.6 is 0 Å². The monoisotopic (exact) mass is 376 g/mol. The second-order valence-corrected chi connectivity index (χ2v) is 7.43. The van der Waals surface area contributed by atoms with E-state index in [0.29, 0.717) is 25.5 Å². The van der Waals surface area contributed by atoms with Gasteiger partial charge in [0, 0.05) is 13.1 Å². The molecule has 5 heteroatoms. The number of nitrogens with zero attached hydrogens (tertiary/aromatic N) is 2. The Balaban J connectivity index is 1.48. The van der Waals surface area contributed by atoms with E-state index < -0.39 is 5.60 Å². The summed E-state index contributed by atoms with van der Waals surface area (Å²) in [5.41, 5.74) is 1.27. The van der Waals surface area contributed by atoms with Crippen LogP contribution in [-0.2, 0) is 26.5 Å². The molecule has 0 aliphatic carbocycles. The molecule has 28 heavy (non-hydrogen) atoms. The largest absolute Gasteiger partial charge is 0.446 e. The van der Waals surface area contributed by atoms with E-state index in [-0.39, 0.29) is 11.5 Å². The average Bonchev–Trinajstić information content (AvgIpc) is 3.25. The lowest BCUT2D eigenvalue weighted by Crippen LogP contribution is -2.47. The van der Waals surface area contributed by atoms with Gasteiger partial charge < -0.3 is 14.4 Å². The Morgan fingerprint density at radius 1 is 1.11 bits per heavy atom. The minimum atomic E-state index is -1.08. The maximum Gasteiger partial charge on any atom is 0.296 e. The van der Waals surface area contributed by atoms with Crippen LogP contribution in [0.4, 0.5) is 0 Å². The summed E-state index contributed by atoms with van der Waals surface area (Å²) in [6.45, 7) is 5.64. The normalized spacial score (nSPS) is 21.1. The first-order valence-electron chi connectivity index (χ1n) is 9.71. The highest BCUT2D eigenvalue weighted by Gasteiger charge is 2.49. The van der Waals surface area contributed by atoms with Gasteiger partial charge in [-0.25, -0.2) is 0 Å². The smallest absolute Gasteiger partial charge is 0.296 e. The summed E-state index contributed by atoms with van der Waals surface area (Å²) in [4.78, 5) is 19.0. The molecule has 0 aromatic heterocycles. The molecule has 0 N–H and O–H groups in total. The predicted octanol–water partition coefficient (Wildman–Crippen LogP) is 2.99. The van der Waals surface area contributed by atoms with Gasteiger partial charge in [0.2, 0.25) is 5.60 Å². The fourth-order valence-electron chi connectivity index (χ4n) is 4.17. The highest BCUT2D eigenvalue weighted by molar-refractivity contribution is 6.01. The first kappa shape index (κ1) is 18.6. The molecule has 3 aliphatic rings. The lowest BCUT2D eigenvalue weighted by molar-refractivity contribution is -0.130. The van der Waals surface area contributed by atoms with Crippen LogP contribution in [0.3, 0.4) is 0 Å². The number of amidine groups is 1. The van der Waals surface area contributed by atoms with E-state index in [1.54, 1.807) is 13.8 Å². The minimum Gasteiger partial charge on any atom is -0.446 e. The first-order chi connectivity index (χ1) is 13.6. The van der Waals surface area contributed by atoms with Crippen LogP contribution in [0.25, 0.3) is 0 Å². The van der Waals surface area contributed by atoms with E-state index in [4.69, 9.17) is 9.47 Å². The first-order valence-corrected chi connectivity index (χ1v) is 9.71. The molecular weight excluding hydrogens is 352 g/mol. The standard InChI is InChI=1S/C23H24N2O3/c1-3-5-11-23(12-6-4-2)20(26)24-21(28-23)25-15-13-22(14-16-25)19-10-8-7-9-18(19)17-27-22/h7-10H,11-17H2,1-2H3. The van der Waals surface area contributed by atoms with Crippen molar-refractivity contribution in [1.29, 1.82) is 0 Å². The SMILES string of the molecule is CC#CCC1(CC#CC)OC(N2CCC3(CC2)OCc2ccccc23)=NC1=O. The van der Waals surface area contributed by atoms with E-state index in [1.807, 2.05) is 4.90 Å². The number of piperidine rings is 1. The number of carbonyl (C=O) groups excluding carboxylic acids is 1. The number of amides is 1. The number of ether oxygens (including phenoxy) is 2. The summed E-state index contributed by atoms with van der Waals surface area (Å²) < 4.78 is 12.3. The topological polar surface area (TPSA) is 51.1 Å². The number of hydrogen-bond acceptors (Lipinski definition) is 4. The average molecular weight is 376 g/mol. The zero-order valence-corrected chi connectivity index (χ0v) is 16.4. The van der Waals surface area contributed by atoms with Gasteiger partial charge in [-0.05, 0) is 37.8 Å². The van der Waals surface area contributed by atoms with Gasteiger partial charge >= 0.3 is 0 Å². The molecule has 3 aliphatic heterocycles. The fourth-order valence-corrected chi connectivity index (χ4v) is 4.17. The lowest BCUT2D eigenvalue weighted by atomic mass is 9.84. The van der Waals surface area contributed by atoms with Crippen molar-refractivity contribution in [2.75, 3.05) is 13.1 Å². The Bertz CT molecular complexity index is 912. The van der Waals surface area contributed by atoms with Crippen molar-refractivity contribution in [3.63, 3.8) is 0 Å². The van der Waals surface area contributed by atoms with Gasteiger partial charge in [0.05, 0.1) is 25.0 Å². The highest BCUT2D eigenvalue weighted by Crippen LogP contribution is 2.44. The number of aliphatic imine (C=N–C) groups is 1. The van der Waals surface area contributed by atoms with Crippen molar-refractivity contribution in [2.24, 2.45) is 4.99 Å². The molecule has 4 rings (SSSR count). The zero-order chi connectivity index (χ0) is 19.6. The van der Waals surface area contributed by atoms with Crippen molar-refractivity contribution in [2.45, 2.75) is 57.3 Å². The fraction of sp³-hybridized carbons (Fsp3) is 0.478. The molecule has 1 saturated heterocycles. The van der Waals surface area contributed by atoms with Crippen molar-refractivity contribution in [3.05, 3.63) is 35.4 Å². The Kier molecular flexibility index (Phi) is 4.87. The number of carbonyl (C=O) groups is 1. The molecule has 144 valence electrons. The molecule has 0 bridgehead atoms. The Hall–Kier alpha value is -2.76. The van der Waals surface area contributed by atoms with E-state index in [9.17, 15) is 4.79 Å². The van der Waals surface area contributed by atoms with Crippen molar-refractivity contribution < 1.29 is 14.3 Å². The maximum atomic E-state index is 12.7. The van der Waals surface area contributed by atoms with Crippen LogP contribution in [0.1, 0.15) is 50.7 Å². The van der Waals surface area contributed by atoms with Crippen LogP contribution in [0.15, 0.2) is 29.3 Å². The van der Waals surface area contributed by atoms with Gasteiger partial charge in [-0.15, -0.1) is 11.8 Å². The molecule has 1 amide bonds. The van der Waals surface area contributed by atoms with Gasteiger partial charge in [-0.1, -0.05) is 36.1 Å². The third-order valence-corrected chi connectivity index (χ3v) is 5.83. The van der Waals surface area contributed by atoms with Crippen LogP contribution in [0.2, 0.25) is 0 Å². The molecule has 1 fully saturated rings. The molecule has 0 saturated carbocycles. The van der Waals surface area contributed by atoms with Crippen LogP contribution in [-0.4, -0.2) is 35.5 Å². The summed E-state index contributed by atoms with van der Waals surface area (Å²) in [7, 11) is 0. The zero-order valence-electron chi connectivity index (χ0n) is 16.4. The number of fused-ring (bicyclic) bond motifs is 2. The summed E-state index contributed by atoms with van der Waals surface area (Å²) in [6.07, 6.45) is 2.30. The third kappa shape index (κ3) is 3.07. The van der Waals surface area contributed by atoms with Gasteiger partial charge in [0.1, 0.15) is 0 Å². The quantitative estimate of drug-likeness (QED) is 0.745. The number of hydrogen-bond donors (Lipinski definition) is 0. The minimum absolute atomic E-state index is 0.227. The number of likely N-dealkylation sites (tertiary alicyclic amines) is 1. The van der Waals surface area contributed by atoms with E-state index >= 15 is 0 Å². The van der Waals surface area contributed by atoms with Crippen molar-refractivity contribution in [3.8, 4) is 23.7 Å². The second-order valence-electron chi connectivity index (χ2n) is 7.43. The summed E-state index contributed by atoms with van der Waals surface area (Å²) in [5, 5.41) is 0. The van der Waals surface area contributed by atoms with Crippen molar-refractivity contribution in [1.82, 2.24) is 4.90 Å². The van der Waals surface area contributed by atoms with E-state index in [2.05, 4.69) is 52.9 Å². The third-order valence-electron chi connectivity index (χ3n) is 5.83. The maximum absolute atomic E-state index is 12.7. The molecule has 1 aromatic rings. The van der Waals surface area contributed by atoms with Crippen LogP contribution in [0.5, 0.6) is 0 Å². The molecular formula is C23H24N2O3. The summed E-state index contributed by atoms with van der Waals surface area (Å²) in [6, 6.07) is 8.84. The van der Waals surface area contributed by atoms with Gasteiger partial charge in [-0.3, -0.25) is 4.79 Å². The van der Waals surface area contributed by atoms with Gasteiger partial charge in [0.25, 0.3) is 11.9 Å². The molecule has 0 radical (unpaired) electrons. The number of benzene rings is 1. The molecule has 3 heterocycles. The second kappa shape index (κ2) is 7.34. The van der Waals surface area contributed by atoms with Crippen molar-refractivity contribution >= 4 is 11.9 Å². The van der Waals surface area contributed by atoms with E-state index in [1.165, 1.54) is 11.1 Å². The Morgan fingerprint density at radius 3 is 2.46 bits per heavy atom. The van der Waals surface area contributed by atoms with E-state index in [0.717, 1.165) is 25.9 Å². The van der Waals surface area contributed by atoms with Gasteiger partial charge in [-0.2, -0.15) is 4.99 Å². The number of rotatable bonds is 2. The summed E-state index contributed by atoms with van der Waals surface area (Å²) >= 11 is 0.